The van der Waals surface area contributed by atoms with Crippen LogP contribution in [0.5, 0.6) is 0 Å². The average molecular weight is 192 g/mol. The standard InChI is InChI=1S/C8H16O3S/c1-4-5-12(10)7(2)6-8(9)11-3/h7H,4-6H2,1-3H3. The van der Waals surface area contributed by atoms with Crippen molar-refractivity contribution in [1.82, 2.24) is 0 Å². The second-order valence-corrected chi connectivity index (χ2v) is 4.65. The van der Waals surface area contributed by atoms with E-state index in [4.69, 9.17) is 0 Å². The van der Waals surface area contributed by atoms with Gasteiger partial charge in [0.15, 0.2) is 0 Å². The molecule has 0 bridgehead atoms. The molecule has 0 heterocycles. The maximum absolute atomic E-state index is 11.3. The zero-order valence-corrected chi connectivity index (χ0v) is 8.65. The van der Waals surface area contributed by atoms with E-state index < -0.39 is 10.8 Å². The molecule has 12 heavy (non-hydrogen) atoms. The van der Waals surface area contributed by atoms with E-state index in [2.05, 4.69) is 4.74 Å². The van der Waals surface area contributed by atoms with Gasteiger partial charge in [-0.05, 0) is 6.42 Å². The molecule has 0 rings (SSSR count). The van der Waals surface area contributed by atoms with E-state index in [1.54, 1.807) is 0 Å². The quantitative estimate of drug-likeness (QED) is 0.613. The molecule has 72 valence electrons. The molecule has 0 aliphatic heterocycles. The van der Waals surface area contributed by atoms with Gasteiger partial charge >= 0.3 is 5.97 Å². The van der Waals surface area contributed by atoms with Crippen LogP contribution in [0.3, 0.4) is 0 Å². The average Bonchev–Trinajstić information content (AvgIpc) is 2.04. The highest BCUT2D eigenvalue weighted by molar-refractivity contribution is 7.85. The number of hydrogen-bond donors (Lipinski definition) is 0. The lowest BCUT2D eigenvalue weighted by Crippen LogP contribution is -2.18. The number of ether oxygens (including phenoxy) is 1. The van der Waals surface area contributed by atoms with Gasteiger partial charge in [-0.25, -0.2) is 0 Å². The first-order valence-electron chi connectivity index (χ1n) is 4.05. The Morgan fingerprint density at radius 3 is 2.58 bits per heavy atom. The topological polar surface area (TPSA) is 43.4 Å². The largest absolute Gasteiger partial charge is 0.469 e. The minimum absolute atomic E-state index is 0.0857. The fourth-order valence-electron chi connectivity index (χ4n) is 0.813. The maximum Gasteiger partial charge on any atom is 0.306 e. The number of carbonyl (C=O) groups excluding carboxylic acids is 1. The van der Waals surface area contributed by atoms with E-state index in [9.17, 15) is 9.00 Å². The Labute approximate surface area is 75.9 Å². The molecule has 2 unspecified atom stereocenters. The summed E-state index contributed by atoms with van der Waals surface area (Å²) < 4.78 is 15.8. The van der Waals surface area contributed by atoms with Gasteiger partial charge in [-0.2, -0.15) is 0 Å². The molecule has 0 aliphatic rings. The Balaban J connectivity index is 3.78. The lowest BCUT2D eigenvalue weighted by molar-refractivity contribution is -0.140. The fraction of sp³-hybridized carbons (Fsp3) is 0.875. The van der Waals surface area contributed by atoms with Crippen LogP contribution in [0, 0.1) is 0 Å². The van der Waals surface area contributed by atoms with Gasteiger partial charge < -0.3 is 4.74 Å². The summed E-state index contributed by atoms with van der Waals surface area (Å²) in [4.78, 5) is 10.8. The van der Waals surface area contributed by atoms with Gasteiger partial charge in [0, 0.05) is 21.8 Å². The molecule has 0 radical (unpaired) electrons. The van der Waals surface area contributed by atoms with E-state index >= 15 is 0 Å². The van der Waals surface area contributed by atoms with Crippen LogP contribution in [0.2, 0.25) is 0 Å². The Kier molecular flexibility index (Phi) is 5.98. The molecule has 0 spiro atoms. The first-order chi connectivity index (χ1) is 5.61. The van der Waals surface area contributed by atoms with Crippen LogP contribution in [0.25, 0.3) is 0 Å². The maximum atomic E-state index is 11.3. The highest BCUT2D eigenvalue weighted by atomic mass is 32.2. The van der Waals surface area contributed by atoms with Crippen molar-refractivity contribution in [2.24, 2.45) is 0 Å². The third-order valence-electron chi connectivity index (χ3n) is 1.54. The molecule has 0 aromatic heterocycles. The molecule has 3 nitrogen and oxygen atoms in total. The molecule has 0 aliphatic carbocycles. The summed E-state index contributed by atoms with van der Waals surface area (Å²) in [5, 5.41) is -0.0857. The fourth-order valence-corrected chi connectivity index (χ4v) is 1.94. The minimum atomic E-state index is -0.888. The third-order valence-corrected chi connectivity index (χ3v) is 3.41. The number of rotatable bonds is 5. The Hall–Kier alpha value is -0.380. The monoisotopic (exact) mass is 192 g/mol. The van der Waals surface area contributed by atoms with Crippen molar-refractivity contribution in [1.29, 1.82) is 0 Å². The molecule has 0 fully saturated rings. The smallest absolute Gasteiger partial charge is 0.306 e. The molecule has 4 heteroatoms. The van der Waals surface area contributed by atoms with Gasteiger partial charge in [-0.3, -0.25) is 9.00 Å². The van der Waals surface area contributed by atoms with Crippen molar-refractivity contribution in [2.45, 2.75) is 31.9 Å². The zero-order valence-electron chi connectivity index (χ0n) is 7.83. The summed E-state index contributed by atoms with van der Waals surface area (Å²) in [6.07, 6.45) is 1.14. The molecule has 0 saturated heterocycles. The van der Waals surface area contributed by atoms with Crippen LogP contribution < -0.4 is 0 Å². The molecule has 2 atom stereocenters. The van der Waals surface area contributed by atoms with Crippen LogP contribution in [-0.2, 0) is 20.3 Å². The molecule has 0 saturated carbocycles. The van der Waals surface area contributed by atoms with Crippen molar-refractivity contribution >= 4 is 16.8 Å². The van der Waals surface area contributed by atoms with Crippen molar-refractivity contribution in [3.05, 3.63) is 0 Å². The lowest BCUT2D eigenvalue weighted by atomic mass is 10.3. The van der Waals surface area contributed by atoms with E-state index in [1.165, 1.54) is 7.11 Å². The summed E-state index contributed by atoms with van der Waals surface area (Å²) in [5.41, 5.74) is 0. The van der Waals surface area contributed by atoms with Gasteiger partial charge in [-0.1, -0.05) is 13.8 Å². The van der Waals surface area contributed by atoms with Gasteiger partial charge in [0.05, 0.1) is 13.5 Å². The first kappa shape index (κ1) is 11.6. The Morgan fingerprint density at radius 1 is 1.58 bits per heavy atom. The predicted octanol–water partition coefficient (Wildman–Crippen LogP) is 1.10. The molecule has 0 amide bonds. The molecular weight excluding hydrogens is 176 g/mol. The zero-order chi connectivity index (χ0) is 9.56. The number of methoxy groups -OCH3 is 1. The molecule has 0 aromatic rings. The molecular formula is C8H16O3S. The normalized spacial score (nSPS) is 15.2. The summed E-state index contributed by atoms with van der Waals surface area (Å²) in [7, 11) is 0.457. The summed E-state index contributed by atoms with van der Waals surface area (Å²) >= 11 is 0. The molecule has 0 aromatic carbocycles. The van der Waals surface area contributed by atoms with Gasteiger partial charge in [0.1, 0.15) is 0 Å². The van der Waals surface area contributed by atoms with Crippen molar-refractivity contribution in [2.75, 3.05) is 12.9 Å². The van der Waals surface area contributed by atoms with Crippen LogP contribution in [0.1, 0.15) is 26.7 Å². The molecule has 0 N–H and O–H groups in total. The number of carbonyl (C=O) groups is 1. The van der Waals surface area contributed by atoms with Crippen LogP contribution in [0.4, 0.5) is 0 Å². The summed E-state index contributed by atoms with van der Waals surface area (Å²) in [6.45, 7) is 3.78. The summed E-state index contributed by atoms with van der Waals surface area (Å²) in [5.74, 6) is 0.380. The second-order valence-electron chi connectivity index (χ2n) is 2.68. The van der Waals surface area contributed by atoms with Crippen LogP contribution in [0.15, 0.2) is 0 Å². The minimum Gasteiger partial charge on any atom is -0.469 e. The van der Waals surface area contributed by atoms with E-state index in [-0.39, 0.29) is 17.6 Å². The van der Waals surface area contributed by atoms with Gasteiger partial charge in [0.2, 0.25) is 0 Å². The van der Waals surface area contributed by atoms with E-state index in [0.29, 0.717) is 5.75 Å². The highest BCUT2D eigenvalue weighted by Crippen LogP contribution is 2.03. The SMILES string of the molecule is CCCS(=O)C(C)CC(=O)OC. The number of esters is 1. The van der Waals surface area contributed by atoms with Crippen molar-refractivity contribution in [3.8, 4) is 0 Å². The first-order valence-corrected chi connectivity index (χ1v) is 5.44. The van der Waals surface area contributed by atoms with Crippen molar-refractivity contribution < 1.29 is 13.7 Å². The predicted molar refractivity (Wildman–Crippen MR) is 49.4 cm³/mol. The Morgan fingerprint density at radius 2 is 2.17 bits per heavy atom. The third kappa shape index (κ3) is 4.49. The van der Waals surface area contributed by atoms with Crippen LogP contribution >= 0.6 is 0 Å². The second kappa shape index (κ2) is 6.17. The van der Waals surface area contributed by atoms with Crippen LogP contribution in [-0.4, -0.2) is 28.3 Å². The van der Waals surface area contributed by atoms with E-state index in [1.807, 2.05) is 13.8 Å². The number of hydrogen-bond acceptors (Lipinski definition) is 3. The summed E-state index contributed by atoms with van der Waals surface area (Å²) in [6, 6.07) is 0. The lowest BCUT2D eigenvalue weighted by Gasteiger charge is -2.08. The van der Waals surface area contributed by atoms with Gasteiger partial charge in [-0.15, -0.1) is 0 Å². The van der Waals surface area contributed by atoms with Crippen molar-refractivity contribution in [3.63, 3.8) is 0 Å². The van der Waals surface area contributed by atoms with E-state index in [0.717, 1.165) is 6.42 Å². The highest BCUT2D eigenvalue weighted by Gasteiger charge is 2.14. The van der Waals surface area contributed by atoms with Gasteiger partial charge in [0.25, 0.3) is 0 Å². The Bertz CT molecular complexity index is 168.